The van der Waals surface area contributed by atoms with Crippen LogP contribution in [0, 0.1) is 11.6 Å². The molecule has 2 aromatic rings. The van der Waals surface area contributed by atoms with E-state index >= 15 is 0 Å². The molecule has 1 atom stereocenters. The van der Waals surface area contributed by atoms with Crippen molar-refractivity contribution in [3.05, 3.63) is 59.7 Å². The molecule has 0 radical (unpaired) electrons. The fraction of sp³-hybridized carbons (Fsp3) is 0.300. The van der Waals surface area contributed by atoms with E-state index in [4.69, 9.17) is 0 Å². The molecule has 10 heteroatoms. The summed E-state index contributed by atoms with van der Waals surface area (Å²) in [5.41, 5.74) is 1.31. The van der Waals surface area contributed by atoms with Gasteiger partial charge < -0.3 is 10.2 Å². The van der Waals surface area contributed by atoms with Crippen molar-refractivity contribution in [2.75, 3.05) is 31.5 Å². The minimum Gasteiger partial charge on any atom is -0.340 e. The van der Waals surface area contributed by atoms with Crippen LogP contribution in [0.15, 0.2) is 47.4 Å². The number of benzene rings is 2. The smallest absolute Gasteiger partial charge is 0.246 e. The van der Waals surface area contributed by atoms with Crippen LogP contribution < -0.4 is 5.32 Å². The molecule has 2 heterocycles. The van der Waals surface area contributed by atoms with Crippen LogP contribution in [-0.4, -0.2) is 55.6 Å². The molecule has 1 unspecified atom stereocenters. The summed E-state index contributed by atoms with van der Waals surface area (Å²) in [6.07, 6.45) is 0.0167. The lowest BCUT2D eigenvalue weighted by Crippen LogP contribution is -2.52. The molecule has 0 bridgehead atoms. The number of hydrogen-bond acceptors (Lipinski definition) is 4. The zero-order valence-corrected chi connectivity index (χ0v) is 16.7. The van der Waals surface area contributed by atoms with Crippen LogP contribution in [0.3, 0.4) is 0 Å². The van der Waals surface area contributed by atoms with Crippen molar-refractivity contribution in [3.63, 3.8) is 0 Å². The van der Waals surface area contributed by atoms with Gasteiger partial charge in [-0.3, -0.25) is 9.59 Å². The van der Waals surface area contributed by atoms with E-state index in [1.165, 1.54) is 4.90 Å². The van der Waals surface area contributed by atoms with Gasteiger partial charge in [0.15, 0.2) is 0 Å². The largest absolute Gasteiger partial charge is 0.340 e. The summed E-state index contributed by atoms with van der Waals surface area (Å²) in [4.78, 5) is 25.8. The van der Waals surface area contributed by atoms with Gasteiger partial charge in [-0.25, -0.2) is 17.2 Å². The number of carbonyl (C=O) groups excluding carboxylic acids is 2. The summed E-state index contributed by atoms with van der Waals surface area (Å²) in [6, 6.07) is 9.34. The van der Waals surface area contributed by atoms with Crippen molar-refractivity contribution >= 4 is 27.5 Å². The molecule has 0 aromatic heterocycles. The van der Waals surface area contributed by atoms with Gasteiger partial charge in [-0.2, -0.15) is 4.31 Å². The second-order valence-electron chi connectivity index (χ2n) is 7.20. The summed E-state index contributed by atoms with van der Waals surface area (Å²) in [6.45, 7) is 0.0831. The number of hydrogen-bond donors (Lipinski definition) is 1. The maximum Gasteiger partial charge on any atom is 0.246 e. The first-order valence-electron chi connectivity index (χ1n) is 9.40. The van der Waals surface area contributed by atoms with Gasteiger partial charge in [0.25, 0.3) is 0 Å². The van der Waals surface area contributed by atoms with E-state index in [2.05, 4.69) is 5.32 Å². The lowest BCUT2D eigenvalue weighted by Gasteiger charge is -2.36. The van der Waals surface area contributed by atoms with Gasteiger partial charge in [-0.15, -0.1) is 0 Å². The summed E-state index contributed by atoms with van der Waals surface area (Å²) in [7, 11) is -4.23. The lowest BCUT2D eigenvalue weighted by molar-refractivity contribution is -0.136. The fourth-order valence-corrected chi connectivity index (χ4v) is 5.31. The van der Waals surface area contributed by atoms with Gasteiger partial charge in [-0.05, 0) is 29.8 Å². The molecule has 0 saturated carbocycles. The Morgan fingerprint density at radius 1 is 1.03 bits per heavy atom. The Kier molecular flexibility index (Phi) is 5.29. The molecule has 2 aromatic carbocycles. The average Bonchev–Trinajstić information content (AvgIpc) is 2.74. The van der Waals surface area contributed by atoms with Gasteiger partial charge in [0.1, 0.15) is 16.5 Å². The Balaban J connectivity index is 1.49. The van der Waals surface area contributed by atoms with E-state index in [-0.39, 0.29) is 44.4 Å². The molecule has 0 aliphatic carbocycles. The topological polar surface area (TPSA) is 86.8 Å². The number of nitrogens with zero attached hydrogens (tertiary/aromatic N) is 2. The average molecular weight is 435 g/mol. The molecule has 158 valence electrons. The molecule has 7 nitrogen and oxygen atoms in total. The Labute approximate surface area is 172 Å². The minimum atomic E-state index is -4.23. The van der Waals surface area contributed by atoms with E-state index in [9.17, 15) is 26.8 Å². The highest BCUT2D eigenvalue weighted by molar-refractivity contribution is 7.89. The highest BCUT2D eigenvalue weighted by Crippen LogP contribution is 2.33. The zero-order valence-electron chi connectivity index (χ0n) is 15.8. The van der Waals surface area contributed by atoms with E-state index in [0.717, 1.165) is 22.0 Å². The standard InChI is InChI=1S/C20H19F2N3O4S/c21-13-5-6-16(22)18(11-13)30(28,29)25-9-7-24(8-10-25)20(27)15-12-19(26)23-17-4-2-1-3-14(15)17/h1-6,11,15H,7-10,12H2,(H,23,26). The quantitative estimate of drug-likeness (QED) is 0.798. The number of anilines is 1. The number of amides is 2. The fourth-order valence-electron chi connectivity index (χ4n) is 3.81. The molecule has 4 rings (SSSR count). The van der Waals surface area contributed by atoms with Crippen molar-refractivity contribution in [2.24, 2.45) is 0 Å². The van der Waals surface area contributed by atoms with Crippen LogP contribution in [0.4, 0.5) is 14.5 Å². The first-order valence-corrected chi connectivity index (χ1v) is 10.8. The van der Waals surface area contributed by atoms with E-state index < -0.39 is 32.5 Å². The summed E-state index contributed by atoms with van der Waals surface area (Å²) in [5.74, 6) is -3.03. The van der Waals surface area contributed by atoms with Crippen LogP contribution in [0.2, 0.25) is 0 Å². The highest BCUT2D eigenvalue weighted by atomic mass is 32.2. The lowest BCUT2D eigenvalue weighted by atomic mass is 9.89. The predicted octanol–water partition coefficient (Wildman–Crippen LogP) is 1.92. The van der Waals surface area contributed by atoms with Gasteiger partial charge in [0.05, 0.1) is 5.92 Å². The molecule has 1 saturated heterocycles. The number of piperazine rings is 1. The van der Waals surface area contributed by atoms with Gasteiger partial charge in [0, 0.05) is 38.3 Å². The maximum absolute atomic E-state index is 14.0. The number of fused-ring (bicyclic) bond motifs is 1. The Morgan fingerprint density at radius 3 is 2.47 bits per heavy atom. The molecule has 1 fully saturated rings. The third kappa shape index (κ3) is 3.68. The number of para-hydroxylation sites is 1. The van der Waals surface area contributed by atoms with Gasteiger partial charge in [0.2, 0.25) is 21.8 Å². The van der Waals surface area contributed by atoms with E-state index in [0.29, 0.717) is 11.8 Å². The molecular weight excluding hydrogens is 416 g/mol. The van der Waals surface area contributed by atoms with E-state index in [1.54, 1.807) is 24.3 Å². The number of rotatable bonds is 3. The van der Waals surface area contributed by atoms with Crippen molar-refractivity contribution in [3.8, 4) is 0 Å². The van der Waals surface area contributed by atoms with Gasteiger partial charge >= 0.3 is 0 Å². The van der Waals surface area contributed by atoms with E-state index in [1.807, 2.05) is 0 Å². The molecule has 2 aliphatic rings. The summed E-state index contributed by atoms with van der Waals surface area (Å²) < 4.78 is 53.9. The number of sulfonamides is 1. The Bertz CT molecular complexity index is 1110. The minimum absolute atomic E-state index is 0.0167. The first kappa shape index (κ1) is 20.4. The third-order valence-electron chi connectivity index (χ3n) is 5.36. The van der Waals surface area contributed by atoms with Crippen molar-refractivity contribution < 1.29 is 26.8 Å². The normalized spacial score (nSPS) is 19.9. The zero-order chi connectivity index (χ0) is 21.5. The predicted molar refractivity (Wildman–Crippen MR) is 104 cm³/mol. The van der Waals surface area contributed by atoms with Gasteiger partial charge in [-0.1, -0.05) is 18.2 Å². The SMILES string of the molecule is O=C1CC(C(=O)N2CCN(S(=O)(=O)c3cc(F)ccc3F)CC2)c2ccccc2N1. The first-order chi connectivity index (χ1) is 14.3. The van der Waals surface area contributed by atoms with Crippen LogP contribution >= 0.6 is 0 Å². The summed E-state index contributed by atoms with van der Waals surface area (Å²) in [5, 5.41) is 2.74. The molecule has 1 N–H and O–H groups in total. The number of nitrogens with one attached hydrogen (secondary N) is 1. The molecule has 2 amide bonds. The molecular formula is C20H19F2N3O4S. The second-order valence-corrected chi connectivity index (χ2v) is 9.10. The molecule has 2 aliphatic heterocycles. The second kappa shape index (κ2) is 7.77. The Hall–Kier alpha value is -2.85. The maximum atomic E-state index is 14.0. The molecule has 30 heavy (non-hydrogen) atoms. The van der Waals surface area contributed by atoms with Crippen LogP contribution in [0.1, 0.15) is 17.9 Å². The highest BCUT2D eigenvalue weighted by Gasteiger charge is 2.37. The summed E-state index contributed by atoms with van der Waals surface area (Å²) >= 11 is 0. The number of carbonyl (C=O) groups is 2. The van der Waals surface area contributed by atoms with Crippen molar-refractivity contribution in [1.82, 2.24) is 9.21 Å². The monoisotopic (exact) mass is 435 g/mol. The third-order valence-corrected chi connectivity index (χ3v) is 7.27. The Morgan fingerprint density at radius 2 is 1.73 bits per heavy atom. The number of halogens is 2. The van der Waals surface area contributed by atoms with Crippen LogP contribution in [0.5, 0.6) is 0 Å². The molecule has 0 spiro atoms. The van der Waals surface area contributed by atoms with Crippen molar-refractivity contribution in [1.29, 1.82) is 0 Å². The van der Waals surface area contributed by atoms with Crippen LogP contribution in [0.25, 0.3) is 0 Å². The van der Waals surface area contributed by atoms with Crippen LogP contribution in [-0.2, 0) is 19.6 Å². The van der Waals surface area contributed by atoms with Crippen molar-refractivity contribution in [2.45, 2.75) is 17.2 Å².